The van der Waals surface area contributed by atoms with Gasteiger partial charge in [0, 0.05) is 19.2 Å². The number of ether oxygens (including phenoxy) is 2. The van der Waals surface area contributed by atoms with Gasteiger partial charge in [-0.15, -0.1) is 10.2 Å². The lowest BCUT2D eigenvalue weighted by molar-refractivity contribution is 0.174. The van der Waals surface area contributed by atoms with Crippen molar-refractivity contribution in [1.82, 2.24) is 24.3 Å². The predicted octanol–water partition coefficient (Wildman–Crippen LogP) is 0.301. The average Bonchev–Trinajstić information content (AvgIpc) is 3.07. The van der Waals surface area contributed by atoms with Crippen LogP contribution in [0, 0.1) is 0 Å². The van der Waals surface area contributed by atoms with Crippen LogP contribution in [0.4, 0.5) is 0 Å². The van der Waals surface area contributed by atoms with Crippen molar-refractivity contribution in [2.45, 2.75) is 13.5 Å². The summed E-state index contributed by atoms with van der Waals surface area (Å²) in [6.45, 7) is 2.14. The first-order chi connectivity index (χ1) is 11.6. The average molecular weight is 327 g/mol. The second kappa shape index (κ2) is 5.15. The first kappa shape index (κ1) is 14.4. The molecule has 0 atom stereocenters. The van der Waals surface area contributed by atoms with Crippen molar-refractivity contribution >= 4 is 11.2 Å². The Balaban J connectivity index is 1.96. The molecule has 1 aliphatic rings. The van der Waals surface area contributed by atoms with Crippen LogP contribution in [0.25, 0.3) is 22.6 Å². The number of fused-ring (bicyclic) bond motifs is 2. The number of aryl methyl sites for hydroxylation is 1. The van der Waals surface area contributed by atoms with Crippen LogP contribution in [-0.2, 0) is 13.6 Å². The van der Waals surface area contributed by atoms with Gasteiger partial charge in [0.25, 0.3) is 5.56 Å². The number of hydrogen-bond donors (Lipinski definition) is 0. The minimum atomic E-state index is -0.479. The van der Waals surface area contributed by atoms with E-state index in [9.17, 15) is 9.59 Å². The van der Waals surface area contributed by atoms with Crippen molar-refractivity contribution in [3.05, 3.63) is 39.0 Å². The van der Waals surface area contributed by atoms with Gasteiger partial charge >= 0.3 is 5.69 Å². The quantitative estimate of drug-likeness (QED) is 0.667. The molecular weight excluding hydrogens is 314 g/mol. The van der Waals surface area contributed by atoms with E-state index in [1.807, 2.05) is 0 Å². The fourth-order valence-electron chi connectivity index (χ4n) is 2.61. The van der Waals surface area contributed by atoms with Gasteiger partial charge in [-0.1, -0.05) is 0 Å². The summed E-state index contributed by atoms with van der Waals surface area (Å²) in [5, 5.41) is 8.05. The van der Waals surface area contributed by atoms with Gasteiger partial charge in [0.2, 0.25) is 6.79 Å². The molecule has 3 heterocycles. The Morgan fingerprint density at radius 2 is 1.96 bits per heavy atom. The minimum Gasteiger partial charge on any atom is -0.454 e. The largest absolute Gasteiger partial charge is 0.454 e. The highest BCUT2D eigenvalue weighted by molar-refractivity contribution is 5.71. The fraction of sp³-hybridized carbons (Fsp3) is 0.267. The first-order valence-electron chi connectivity index (χ1n) is 7.34. The van der Waals surface area contributed by atoms with Crippen molar-refractivity contribution in [1.29, 1.82) is 0 Å². The lowest BCUT2D eigenvalue weighted by Crippen LogP contribution is -2.39. The zero-order valence-electron chi connectivity index (χ0n) is 13.0. The number of rotatable bonds is 2. The Morgan fingerprint density at radius 3 is 2.75 bits per heavy atom. The highest BCUT2D eigenvalue weighted by Crippen LogP contribution is 2.34. The van der Waals surface area contributed by atoms with Gasteiger partial charge in [0.05, 0.1) is 0 Å². The molecule has 0 spiro atoms. The maximum atomic E-state index is 12.5. The second-order valence-electron chi connectivity index (χ2n) is 5.27. The molecule has 0 N–H and O–H groups in total. The van der Waals surface area contributed by atoms with Crippen molar-refractivity contribution in [3.63, 3.8) is 0 Å². The third kappa shape index (κ3) is 1.98. The molecule has 0 bridgehead atoms. The van der Waals surface area contributed by atoms with E-state index in [1.165, 1.54) is 11.6 Å². The Bertz CT molecular complexity index is 1090. The first-order valence-corrected chi connectivity index (χ1v) is 7.34. The summed E-state index contributed by atoms with van der Waals surface area (Å²) in [5.74, 6) is 1.50. The minimum absolute atomic E-state index is 0.0987. The van der Waals surface area contributed by atoms with Gasteiger partial charge in [-0.05, 0) is 25.1 Å². The summed E-state index contributed by atoms with van der Waals surface area (Å²) in [6, 6.07) is 5.23. The second-order valence-corrected chi connectivity index (χ2v) is 5.27. The standard InChI is InChI=1S/C15H13N5O4/c1-3-20-14(21)11-13(19(2)15(20)22)18-17-12(16-11)8-4-5-9-10(6-8)24-7-23-9/h4-6H,3,7H2,1-2H3. The molecule has 0 saturated carbocycles. The Hall–Kier alpha value is -3.23. The molecule has 0 saturated heterocycles. The van der Waals surface area contributed by atoms with Crippen LogP contribution < -0.4 is 20.7 Å². The number of aromatic nitrogens is 5. The molecule has 0 unspecified atom stereocenters. The van der Waals surface area contributed by atoms with Crippen LogP contribution >= 0.6 is 0 Å². The van der Waals surface area contributed by atoms with Gasteiger partial charge < -0.3 is 9.47 Å². The molecule has 4 rings (SSSR count). The molecule has 0 amide bonds. The van der Waals surface area contributed by atoms with E-state index in [2.05, 4.69) is 15.2 Å². The maximum Gasteiger partial charge on any atom is 0.332 e. The lowest BCUT2D eigenvalue weighted by atomic mass is 10.2. The fourth-order valence-corrected chi connectivity index (χ4v) is 2.61. The molecule has 9 heteroatoms. The van der Waals surface area contributed by atoms with Gasteiger partial charge in [-0.3, -0.25) is 13.9 Å². The van der Waals surface area contributed by atoms with Crippen LogP contribution in [0.1, 0.15) is 6.92 Å². The number of hydrogen-bond acceptors (Lipinski definition) is 7. The molecule has 1 aliphatic heterocycles. The Labute approximate surface area is 135 Å². The van der Waals surface area contributed by atoms with E-state index in [0.717, 1.165) is 4.57 Å². The van der Waals surface area contributed by atoms with Gasteiger partial charge in [0.1, 0.15) is 0 Å². The van der Waals surface area contributed by atoms with Crippen LogP contribution in [0.5, 0.6) is 11.5 Å². The van der Waals surface area contributed by atoms with E-state index in [4.69, 9.17) is 9.47 Å². The zero-order chi connectivity index (χ0) is 16.8. The molecule has 1 aromatic carbocycles. The Morgan fingerprint density at radius 1 is 1.17 bits per heavy atom. The summed E-state index contributed by atoms with van der Waals surface area (Å²) >= 11 is 0. The molecule has 0 aliphatic carbocycles. The highest BCUT2D eigenvalue weighted by Gasteiger charge is 2.18. The zero-order valence-corrected chi connectivity index (χ0v) is 13.0. The number of benzene rings is 1. The normalized spacial score (nSPS) is 12.8. The molecule has 9 nitrogen and oxygen atoms in total. The summed E-state index contributed by atoms with van der Waals surface area (Å²) in [6.07, 6.45) is 0. The molecule has 2 aromatic heterocycles. The monoisotopic (exact) mass is 327 g/mol. The Kier molecular flexibility index (Phi) is 3.08. The van der Waals surface area contributed by atoms with Crippen LogP contribution in [0.15, 0.2) is 27.8 Å². The summed E-state index contributed by atoms with van der Waals surface area (Å²) in [7, 11) is 1.53. The molecule has 0 fully saturated rings. The van der Waals surface area contributed by atoms with Gasteiger partial charge in [0.15, 0.2) is 28.5 Å². The van der Waals surface area contributed by atoms with Crippen molar-refractivity contribution in [3.8, 4) is 22.9 Å². The molecule has 122 valence electrons. The van der Waals surface area contributed by atoms with Crippen molar-refractivity contribution in [2.24, 2.45) is 7.05 Å². The van der Waals surface area contributed by atoms with Crippen LogP contribution in [0.3, 0.4) is 0 Å². The summed E-state index contributed by atoms with van der Waals surface area (Å²) in [5.41, 5.74) is -0.0276. The van der Waals surface area contributed by atoms with Gasteiger partial charge in [-0.2, -0.15) is 0 Å². The van der Waals surface area contributed by atoms with E-state index < -0.39 is 11.2 Å². The van der Waals surface area contributed by atoms with E-state index in [0.29, 0.717) is 17.1 Å². The van der Waals surface area contributed by atoms with Crippen molar-refractivity contribution in [2.75, 3.05) is 6.79 Å². The third-order valence-electron chi connectivity index (χ3n) is 3.90. The van der Waals surface area contributed by atoms with Crippen LogP contribution in [-0.4, -0.2) is 31.1 Å². The SMILES string of the molecule is CCn1c(=O)c2nc(-c3ccc4c(c3)OCO4)nnc2n(C)c1=O. The van der Waals surface area contributed by atoms with Crippen LogP contribution in [0.2, 0.25) is 0 Å². The molecule has 24 heavy (non-hydrogen) atoms. The topological polar surface area (TPSA) is 101 Å². The highest BCUT2D eigenvalue weighted by atomic mass is 16.7. The third-order valence-corrected chi connectivity index (χ3v) is 3.90. The maximum absolute atomic E-state index is 12.5. The van der Waals surface area contributed by atoms with E-state index in [1.54, 1.807) is 25.1 Å². The summed E-state index contributed by atoms with van der Waals surface area (Å²) in [4.78, 5) is 28.9. The predicted molar refractivity (Wildman–Crippen MR) is 84.1 cm³/mol. The van der Waals surface area contributed by atoms with E-state index in [-0.39, 0.29) is 30.3 Å². The molecular formula is C15H13N5O4. The summed E-state index contributed by atoms with van der Waals surface area (Å²) < 4.78 is 13.0. The van der Waals surface area contributed by atoms with Gasteiger partial charge in [-0.25, -0.2) is 9.78 Å². The van der Waals surface area contributed by atoms with E-state index >= 15 is 0 Å². The molecule has 3 aromatic rings. The number of nitrogens with zero attached hydrogens (tertiary/aromatic N) is 5. The smallest absolute Gasteiger partial charge is 0.332 e. The van der Waals surface area contributed by atoms with Crippen molar-refractivity contribution < 1.29 is 9.47 Å². The lowest BCUT2D eigenvalue weighted by Gasteiger charge is -2.08. The molecule has 0 radical (unpaired) electrons.